The second-order valence-electron chi connectivity index (χ2n) is 7.76. The summed E-state index contributed by atoms with van der Waals surface area (Å²) in [6.45, 7) is 4.64. The van der Waals surface area contributed by atoms with Crippen molar-refractivity contribution < 1.29 is 17.9 Å². The lowest BCUT2D eigenvalue weighted by Crippen LogP contribution is -2.28. The van der Waals surface area contributed by atoms with Gasteiger partial charge in [0.15, 0.2) is 0 Å². The Labute approximate surface area is 198 Å². The highest BCUT2D eigenvalue weighted by Crippen LogP contribution is 2.22. The van der Waals surface area contributed by atoms with Crippen LogP contribution in [0.2, 0.25) is 0 Å². The van der Waals surface area contributed by atoms with Crippen LogP contribution >= 0.6 is 0 Å². The summed E-state index contributed by atoms with van der Waals surface area (Å²) in [7, 11) is -2.26. The summed E-state index contributed by atoms with van der Waals surface area (Å²) in [5, 5.41) is 2.96. The highest BCUT2D eigenvalue weighted by molar-refractivity contribution is 7.92. The fourth-order valence-corrected chi connectivity index (χ4v) is 4.82. The van der Waals surface area contributed by atoms with E-state index in [0.29, 0.717) is 17.0 Å². The molecule has 0 aliphatic carbocycles. The van der Waals surface area contributed by atoms with Crippen molar-refractivity contribution in [3.63, 3.8) is 0 Å². The molecule has 8 nitrogen and oxygen atoms in total. The van der Waals surface area contributed by atoms with E-state index in [4.69, 9.17) is 4.74 Å². The zero-order chi connectivity index (χ0) is 24.3. The number of carbonyl (C=O) groups excluding carboxylic acids is 1. The summed E-state index contributed by atoms with van der Waals surface area (Å²) in [4.78, 5) is 17.6. The van der Waals surface area contributed by atoms with Crippen molar-refractivity contribution in [2.45, 2.75) is 31.3 Å². The van der Waals surface area contributed by atoms with Crippen molar-refractivity contribution in [2.75, 3.05) is 11.8 Å². The number of ether oxygens (including phenoxy) is 1. The van der Waals surface area contributed by atoms with Crippen LogP contribution in [0.5, 0.6) is 5.75 Å². The number of nitrogens with zero attached hydrogens (tertiary/aromatic N) is 2. The molecule has 0 bridgehead atoms. The number of carbonyl (C=O) groups is 1. The predicted octanol–water partition coefficient (Wildman–Crippen LogP) is 4.36. The van der Waals surface area contributed by atoms with Crippen LogP contribution in [0.1, 0.15) is 36.1 Å². The van der Waals surface area contributed by atoms with Gasteiger partial charge in [-0.25, -0.2) is 13.4 Å². The molecule has 0 radical (unpaired) electrons. The largest absolute Gasteiger partial charge is 0.497 e. The summed E-state index contributed by atoms with van der Waals surface area (Å²) in [5.41, 5.74) is 2.66. The number of imidazole rings is 1. The number of methoxy groups -OCH3 is 1. The zero-order valence-corrected chi connectivity index (χ0v) is 20.0. The number of rotatable bonds is 8. The van der Waals surface area contributed by atoms with Crippen LogP contribution in [0, 0.1) is 0 Å². The molecule has 0 saturated heterocycles. The summed E-state index contributed by atoms with van der Waals surface area (Å²) in [6.07, 6.45) is 0. The number of sulfonamides is 1. The molecule has 0 aliphatic heterocycles. The number of hydrogen-bond acceptors (Lipinski definition) is 5. The standard InChI is InChI=1S/C25H26N4O4S/c1-4-29-23-8-6-5-7-22(23)27-24(29)17(2)26-25(30)18-9-15-21(16-10-18)34(31,32)28-19-11-13-20(33-3)14-12-19/h5-17,28H,4H2,1-3H3,(H,26,30). The highest BCUT2D eigenvalue weighted by Gasteiger charge is 2.19. The minimum atomic E-state index is -3.80. The van der Waals surface area contributed by atoms with Gasteiger partial charge in [0.05, 0.1) is 29.1 Å². The predicted molar refractivity (Wildman–Crippen MR) is 132 cm³/mol. The van der Waals surface area contributed by atoms with E-state index in [2.05, 4.69) is 19.6 Å². The van der Waals surface area contributed by atoms with Gasteiger partial charge in [-0.15, -0.1) is 0 Å². The molecule has 4 aromatic rings. The topological polar surface area (TPSA) is 102 Å². The summed E-state index contributed by atoms with van der Waals surface area (Å²) < 4.78 is 35.1. The van der Waals surface area contributed by atoms with Gasteiger partial charge in [-0.2, -0.15) is 0 Å². The quantitative estimate of drug-likeness (QED) is 0.392. The van der Waals surface area contributed by atoms with Gasteiger partial charge in [0.25, 0.3) is 15.9 Å². The smallest absolute Gasteiger partial charge is 0.261 e. The van der Waals surface area contributed by atoms with Gasteiger partial charge in [-0.05, 0) is 74.5 Å². The molecule has 3 aromatic carbocycles. The molecule has 0 aliphatic rings. The van der Waals surface area contributed by atoms with Gasteiger partial charge >= 0.3 is 0 Å². The summed E-state index contributed by atoms with van der Waals surface area (Å²) in [5.74, 6) is 1.08. The Morgan fingerprint density at radius 2 is 1.71 bits per heavy atom. The maximum atomic E-state index is 12.8. The van der Waals surface area contributed by atoms with E-state index >= 15 is 0 Å². The van der Waals surface area contributed by atoms with Gasteiger partial charge in [0.1, 0.15) is 11.6 Å². The van der Waals surface area contributed by atoms with Crippen molar-refractivity contribution >= 4 is 32.7 Å². The molecule has 176 valence electrons. The third-order valence-electron chi connectivity index (χ3n) is 5.50. The van der Waals surface area contributed by atoms with E-state index in [1.807, 2.05) is 38.1 Å². The number of para-hydroxylation sites is 2. The number of fused-ring (bicyclic) bond motifs is 1. The lowest BCUT2D eigenvalue weighted by atomic mass is 10.2. The first-order valence-electron chi connectivity index (χ1n) is 10.9. The van der Waals surface area contributed by atoms with Crippen molar-refractivity contribution in [1.29, 1.82) is 0 Å². The average Bonchev–Trinajstić information content (AvgIpc) is 3.23. The molecule has 0 spiro atoms. The maximum absolute atomic E-state index is 12.8. The number of amides is 1. The van der Waals surface area contributed by atoms with Crippen LogP contribution in [-0.4, -0.2) is 31.0 Å². The lowest BCUT2D eigenvalue weighted by molar-refractivity contribution is 0.0937. The lowest BCUT2D eigenvalue weighted by Gasteiger charge is -2.15. The fraction of sp³-hybridized carbons (Fsp3) is 0.200. The Bertz CT molecular complexity index is 1410. The summed E-state index contributed by atoms with van der Waals surface area (Å²) in [6, 6.07) is 19.9. The SMILES string of the molecule is CCn1c(C(C)NC(=O)c2ccc(S(=O)(=O)Nc3ccc(OC)cc3)cc2)nc2ccccc21. The molecule has 2 N–H and O–H groups in total. The molecule has 1 amide bonds. The second-order valence-corrected chi connectivity index (χ2v) is 9.44. The molecule has 0 fully saturated rings. The Hall–Kier alpha value is -3.85. The van der Waals surface area contributed by atoms with Gasteiger partial charge in [-0.3, -0.25) is 9.52 Å². The Kier molecular flexibility index (Phi) is 6.56. The second kappa shape index (κ2) is 9.56. The molecular weight excluding hydrogens is 452 g/mol. The minimum Gasteiger partial charge on any atom is -0.497 e. The molecule has 34 heavy (non-hydrogen) atoms. The van der Waals surface area contributed by atoms with Crippen LogP contribution < -0.4 is 14.8 Å². The van der Waals surface area contributed by atoms with Crippen LogP contribution in [0.3, 0.4) is 0 Å². The Balaban J connectivity index is 1.47. The molecule has 0 saturated carbocycles. The molecule has 1 heterocycles. The number of anilines is 1. The zero-order valence-electron chi connectivity index (χ0n) is 19.1. The van der Waals surface area contributed by atoms with Crippen molar-refractivity contribution in [3.8, 4) is 5.75 Å². The van der Waals surface area contributed by atoms with Crippen LogP contribution in [-0.2, 0) is 16.6 Å². The van der Waals surface area contributed by atoms with E-state index in [9.17, 15) is 13.2 Å². The number of aromatic nitrogens is 2. The average molecular weight is 479 g/mol. The number of hydrogen-bond donors (Lipinski definition) is 2. The highest BCUT2D eigenvalue weighted by atomic mass is 32.2. The number of benzene rings is 3. The third-order valence-corrected chi connectivity index (χ3v) is 6.90. The van der Waals surface area contributed by atoms with Gasteiger partial charge in [0, 0.05) is 17.8 Å². The van der Waals surface area contributed by atoms with Gasteiger partial charge in [0.2, 0.25) is 0 Å². The third kappa shape index (κ3) is 4.74. The van der Waals surface area contributed by atoms with Gasteiger partial charge in [-0.1, -0.05) is 12.1 Å². The van der Waals surface area contributed by atoms with Gasteiger partial charge < -0.3 is 14.6 Å². The first-order valence-corrected chi connectivity index (χ1v) is 12.3. The van der Waals surface area contributed by atoms with E-state index in [1.54, 1.807) is 24.3 Å². The maximum Gasteiger partial charge on any atom is 0.261 e. The van der Waals surface area contributed by atoms with E-state index in [-0.39, 0.29) is 16.8 Å². The molecule has 1 aromatic heterocycles. The van der Waals surface area contributed by atoms with Crippen LogP contribution in [0.25, 0.3) is 11.0 Å². The van der Waals surface area contributed by atoms with E-state index in [0.717, 1.165) is 23.4 Å². The number of aryl methyl sites for hydroxylation is 1. The Morgan fingerprint density at radius 3 is 2.35 bits per heavy atom. The molecular formula is C25H26N4O4S. The molecule has 1 unspecified atom stereocenters. The minimum absolute atomic E-state index is 0.0562. The fourth-order valence-electron chi connectivity index (χ4n) is 3.76. The van der Waals surface area contributed by atoms with Crippen LogP contribution in [0.15, 0.2) is 77.7 Å². The first kappa shape index (κ1) is 23.3. The normalized spacial score (nSPS) is 12.3. The molecule has 1 atom stereocenters. The number of nitrogens with one attached hydrogen (secondary N) is 2. The van der Waals surface area contributed by atoms with Crippen molar-refractivity contribution in [3.05, 3.63) is 84.2 Å². The first-order chi connectivity index (χ1) is 16.3. The van der Waals surface area contributed by atoms with E-state index in [1.165, 1.54) is 31.4 Å². The molecule has 9 heteroatoms. The Morgan fingerprint density at radius 1 is 1.03 bits per heavy atom. The summed E-state index contributed by atoms with van der Waals surface area (Å²) >= 11 is 0. The molecule has 4 rings (SSSR count). The van der Waals surface area contributed by atoms with Crippen molar-refractivity contribution in [1.82, 2.24) is 14.9 Å². The monoisotopic (exact) mass is 478 g/mol. The van der Waals surface area contributed by atoms with Crippen LogP contribution in [0.4, 0.5) is 5.69 Å². The van der Waals surface area contributed by atoms with Crippen molar-refractivity contribution in [2.24, 2.45) is 0 Å². The van der Waals surface area contributed by atoms with E-state index < -0.39 is 10.0 Å².